The summed E-state index contributed by atoms with van der Waals surface area (Å²) in [4.78, 5) is 2.58. The highest BCUT2D eigenvalue weighted by Gasteiger charge is 2.25. The van der Waals surface area contributed by atoms with Gasteiger partial charge in [-0.3, -0.25) is 0 Å². The monoisotopic (exact) mass is 270 g/mol. The molecule has 3 atom stereocenters. The lowest BCUT2D eigenvalue weighted by Crippen LogP contribution is -2.44. The molecule has 0 radical (unpaired) electrons. The molecule has 3 nitrogen and oxygen atoms in total. The predicted octanol–water partition coefficient (Wildman–Crippen LogP) is 2.74. The van der Waals surface area contributed by atoms with Gasteiger partial charge in [0.25, 0.3) is 0 Å². The molecule has 1 aliphatic rings. The van der Waals surface area contributed by atoms with E-state index in [2.05, 4.69) is 25.7 Å². The van der Waals surface area contributed by atoms with Crippen molar-refractivity contribution in [3.8, 4) is 0 Å². The van der Waals surface area contributed by atoms with Gasteiger partial charge in [-0.15, -0.1) is 0 Å². The molecular formula is C16H34N2O. The molecule has 0 saturated carbocycles. The van der Waals surface area contributed by atoms with Crippen LogP contribution in [0.15, 0.2) is 0 Å². The Balaban J connectivity index is 2.25. The molecule has 0 amide bonds. The Kier molecular flexibility index (Phi) is 7.96. The lowest BCUT2D eigenvalue weighted by Gasteiger charge is -2.36. The average molecular weight is 270 g/mol. The van der Waals surface area contributed by atoms with E-state index in [1.807, 2.05) is 7.11 Å². The topological polar surface area (TPSA) is 38.5 Å². The smallest absolute Gasteiger partial charge is 0.0724 e. The third kappa shape index (κ3) is 5.80. The first-order valence-corrected chi connectivity index (χ1v) is 8.03. The van der Waals surface area contributed by atoms with Gasteiger partial charge in [-0.2, -0.15) is 0 Å². The van der Waals surface area contributed by atoms with Gasteiger partial charge in [-0.05, 0) is 63.1 Å². The van der Waals surface area contributed by atoms with Gasteiger partial charge in [0.15, 0.2) is 0 Å². The Bertz CT molecular complexity index is 233. The third-order valence-corrected chi connectivity index (χ3v) is 4.81. The van der Waals surface area contributed by atoms with Crippen LogP contribution < -0.4 is 5.73 Å². The van der Waals surface area contributed by atoms with Gasteiger partial charge in [0.1, 0.15) is 0 Å². The van der Waals surface area contributed by atoms with E-state index in [1.165, 1.54) is 38.8 Å². The van der Waals surface area contributed by atoms with E-state index in [-0.39, 0.29) is 0 Å². The molecule has 0 aromatic rings. The number of likely N-dealkylation sites (tertiary alicyclic amines) is 1. The number of rotatable bonds is 8. The van der Waals surface area contributed by atoms with Crippen molar-refractivity contribution < 1.29 is 4.74 Å². The van der Waals surface area contributed by atoms with Crippen LogP contribution in [0.25, 0.3) is 0 Å². The van der Waals surface area contributed by atoms with Gasteiger partial charge in [-0.25, -0.2) is 0 Å². The molecule has 19 heavy (non-hydrogen) atoms. The van der Waals surface area contributed by atoms with Crippen LogP contribution in [0.5, 0.6) is 0 Å². The number of nitrogens with two attached hydrogens (primary N) is 1. The fourth-order valence-corrected chi connectivity index (χ4v) is 3.21. The quantitative estimate of drug-likeness (QED) is 0.737. The summed E-state index contributed by atoms with van der Waals surface area (Å²) in [5, 5.41) is 0. The van der Waals surface area contributed by atoms with Crippen LogP contribution in [0.2, 0.25) is 0 Å². The number of piperidine rings is 1. The van der Waals surface area contributed by atoms with Crippen LogP contribution in [0.1, 0.15) is 46.5 Å². The van der Waals surface area contributed by atoms with E-state index < -0.39 is 0 Å². The highest BCUT2D eigenvalue weighted by molar-refractivity contribution is 4.78. The summed E-state index contributed by atoms with van der Waals surface area (Å²) in [5.41, 5.74) is 5.71. The maximum Gasteiger partial charge on any atom is 0.0724 e. The van der Waals surface area contributed by atoms with Crippen molar-refractivity contribution in [2.24, 2.45) is 23.5 Å². The summed E-state index contributed by atoms with van der Waals surface area (Å²) in [6, 6.07) is 0. The minimum atomic E-state index is 0.429. The lowest BCUT2D eigenvalue weighted by atomic mass is 9.88. The minimum absolute atomic E-state index is 0.429. The summed E-state index contributed by atoms with van der Waals surface area (Å²) < 4.78 is 5.58. The van der Waals surface area contributed by atoms with Crippen molar-refractivity contribution in [1.29, 1.82) is 0 Å². The normalized spacial score (nSPS) is 26.8. The maximum atomic E-state index is 5.71. The summed E-state index contributed by atoms with van der Waals surface area (Å²) >= 11 is 0. The van der Waals surface area contributed by atoms with E-state index in [4.69, 9.17) is 10.5 Å². The molecule has 1 heterocycles. The van der Waals surface area contributed by atoms with Crippen LogP contribution in [-0.4, -0.2) is 44.3 Å². The SMILES string of the molecule is COC1CN(CCCC(CCN)C(C)C)CCC1C. The van der Waals surface area contributed by atoms with Crippen LogP contribution in [0.3, 0.4) is 0 Å². The van der Waals surface area contributed by atoms with Gasteiger partial charge < -0.3 is 15.4 Å². The molecule has 3 heteroatoms. The summed E-state index contributed by atoms with van der Waals surface area (Å²) in [6.45, 7) is 11.4. The second-order valence-electron chi connectivity index (χ2n) is 6.56. The molecule has 114 valence electrons. The van der Waals surface area contributed by atoms with Crippen LogP contribution in [-0.2, 0) is 4.74 Å². The fourth-order valence-electron chi connectivity index (χ4n) is 3.21. The first-order chi connectivity index (χ1) is 9.08. The predicted molar refractivity (Wildman–Crippen MR) is 82.3 cm³/mol. The van der Waals surface area contributed by atoms with Crippen molar-refractivity contribution in [3.63, 3.8) is 0 Å². The fraction of sp³-hybridized carbons (Fsp3) is 1.00. The van der Waals surface area contributed by atoms with E-state index in [0.717, 1.165) is 24.9 Å². The molecule has 0 bridgehead atoms. The molecule has 0 spiro atoms. The average Bonchev–Trinajstić information content (AvgIpc) is 2.39. The van der Waals surface area contributed by atoms with E-state index >= 15 is 0 Å². The Morgan fingerprint density at radius 2 is 2.05 bits per heavy atom. The number of nitrogens with zero attached hydrogens (tertiary/aromatic N) is 1. The largest absolute Gasteiger partial charge is 0.380 e. The summed E-state index contributed by atoms with van der Waals surface area (Å²) in [5.74, 6) is 2.27. The number of ether oxygens (including phenoxy) is 1. The van der Waals surface area contributed by atoms with Gasteiger partial charge in [0.2, 0.25) is 0 Å². The van der Waals surface area contributed by atoms with Gasteiger partial charge in [-0.1, -0.05) is 20.8 Å². The Morgan fingerprint density at radius 3 is 2.63 bits per heavy atom. The molecule has 1 saturated heterocycles. The molecule has 1 aliphatic heterocycles. The molecule has 3 unspecified atom stereocenters. The highest BCUT2D eigenvalue weighted by Crippen LogP contribution is 2.23. The number of hydrogen-bond donors (Lipinski definition) is 1. The van der Waals surface area contributed by atoms with Crippen molar-refractivity contribution in [3.05, 3.63) is 0 Å². The van der Waals surface area contributed by atoms with Crippen LogP contribution in [0, 0.1) is 17.8 Å². The number of hydrogen-bond acceptors (Lipinski definition) is 3. The van der Waals surface area contributed by atoms with E-state index in [1.54, 1.807) is 0 Å². The first-order valence-electron chi connectivity index (χ1n) is 8.03. The van der Waals surface area contributed by atoms with Crippen LogP contribution >= 0.6 is 0 Å². The van der Waals surface area contributed by atoms with E-state index in [0.29, 0.717) is 12.0 Å². The minimum Gasteiger partial charge on any atom is -0.380 e. The lowest BCUT2D eigenvalue weighted by molar-refractivity contribution is -0.00565. The van der Waals surface area contributed by atoms with Crippen LogP contribution in [0.4, 0.5) is 0 Å². The summed E-state index contributed by atoms with van der Waals surface area (Å²) in [6.07, 6.45) is 5.50. The zero-order chi connectivity index (χ0) is 14.3. The van der Waals surface area contributed by atoms with Gasteiger partial charge in [0.05, 0.1) is 6.10 Å². The summed E-state index contributed by atoms with van der Waals surface area (Å²) in [7, 11) is 1.85. The zero-order valence-corrected chi connectivity index (χ0v) is 13.4. The van der Waals surface area contributed by atoms with Crippen molar-refractivity contribution in [2.75, 3.05) is 33.3 Å². The molecule has 2 N–H and O–H groups in total. The first kappa shape index (κ1) is 16.9. The second-order valence-corrected chi connectivity index (χ2v) is 6.56. The Hall–Kier alpha value is -0.120. The zero-order valence-electron chi connectivity index (χ0n) is 13.4. The second kappa shape index (κ2) is 8.93. The van der Waals surface area contributed by atoms with E-state index in [9.17, 15) is 0 Å². The van der Waals surface area contributed by atoms with Crippen molar-refractivity contribution in [1.82, 2.24) is 4.90 Å². The van der Waals surface area contributed by atoms with Crippen molar-refractivity contribution >= 4 is 0 Å². The molecule has 0 aliphatic carbocycles. The van der Waals surface area contributed by atoms with Crippen molar-refractivity contribution in [2.45, 2.75) is 52.6 Å². The van der Waals surface area contributed by atoms with Gasteiger partial charge >= 0.3 is 0 Å². The highest BCUT2D eigenvalue weighted by atomic mass is 16.5. The molecule has 0 aromatic heterocycles. The molecular weight excluding hydrogens is 236 g/mol. The maximum absolute atomic E-state index is 5.71. The molecule has 1 fully saturated rings. The Labute approximate surface area is 119 Å². The Morgan fingerprint density at radius 1 is 1.32 bits per heavy atom. The number of methoxy groups -OCH3 is 1. The van der Waals surface area contributed by atoms with Gasteiger partial charge in [0, 0.05) is 13.7 Å². The standard InChI is InChI=1S/C16H34N2O/c1-13(2)15(7-9-17)6-5-10-18-11-8-14(3)16(12-18)19-4/h13-16H,5-12,17H2,1-4H3. The third-order valence-electron chi connectivity index (χ3n) is 4.81. The molecule has 0 aromatic carbocycles. The molecule has 1 rings (SSSR count).